The summed E-state index contributed by atoms with van der Waals surface area (Å²) in [5.74, 6) is 4.74. The normalized spacial score (nSPS) is 17.5. The molecule has 14 heterocycles. The average molecular weight is 2300 g/mol. The summed E-state index contributed by atoms with van der Waals surface area (Å²) < 4.78 is 22.8. The van der Waals surface area contributed by atoms with E-state index >= 15 is 0 Å². The molecule has 0 bridgehead atoms. The molecule has 14 rings (SSSR count). The van der Waals surface area contributed by atoms with Crippen molar-refractivity contribution >= 4 is 186 Å². The third-order valence-corrected chi connectivity index (χ3v) is 25.6. The maximum absolute atomic E-state index is 10.6. The van der Waals surface area contributed by atoms with Crippen LogP contribution in [0, 0.1) is 106 Å². The number of guanidine groups is 6. The molecule has 7 aromatic rings. The van der Waals surface area contributed by atoms with E-state index in [4.69, 9.17) is 111 Å². The zero-order valence-electron chi connectivity index (χ0n) is 80.8. The molecule has 0 aliphatic carbocycles. The molecule has 0 radical (unpaired) electrons. The lowest BCUT2D eigenvalue weighted by Crippen LogP contribution is -2.57. The van der Waals surface area contributed by atoms with Crippen molar-refractivity contribution in [1.82, 2.24) is 115 Å². The van der Waals surface area contributed by atoms with Gasteiger partial charge in [-0.05, 0) is 73.3 Å². The molecule has 2 atom stereocenters. The van der Waals surface area contributed by atoms with E-state index in [2.05, 4.69) is 112 Å². The third kappa shape index (κ3) is 48.7. The molecule has 802 valence electrons. The number of nitriles is 2. The maximum Gasteiger partial charge on any atom is 0.277 e. The molecule has 5 N–H and O–H groups in total. The van der Waals surface area contributed by atoms with Gasteiger partial charge in [0.1, 0.15) is 89.0 Å². The van der Waals surface area contributed by atoms with Crippen LogP contribution in [0.15, 0.2) is 144 Å². The van der Waals surface area contributed by atoms with Gasteiger partial charge < -0.3 is 94.5 Å². The minimum absolute atomic E-state index is 0.0833. The number of rotatable bonds is 25. The van der Waals surface area contributed by atoms with E-state index in [1.165, 1.54) is 59.9 Å². The van der Waals surface area contributed by atoms with E-state index in [0.29, 0.717) is 148 Å². The topological polar surface area (TPSA) is 671 Å². The van der Waals surface area contributed by atoms with Gasteiger partial charge in [0.25, 0.3) is 42.0 Å². The highest BCUT2D eigenvalue weighted by Gasteiger charge is 2.33. The smallest absolute Gasteiger partial charge is 0.277 e. The Morgan fingerprint density at radius 1 is 0.480 bits per heavy atom. The molecule has 7 fully saturated rings. The molecule has 0 spiro atoms. The number of nitrogens with one attached hydrogen (secondary N) is 5. The van der Waals surface area contributed by atoms with E-state index in [1.807, 2.05) is 48.1 Å². The Kier molecular flexibility index (Phi) is 55.9. The largest absolute Gasteiger partial charge is 0.381 e. The number of pyridine rings is 4. The summed E-state index contributed by atoms with van der Waals surface area (Å²) in [6.07, 6.45) is 18.2. The Morgan fingerprint density at radius 2 is 0.926 bits per heavy atom. The number of halogens is 7. The average Bonchev–Trinajstić information content (AvgIpc) is 1.20. The fourth-order valence-electron chi connectivity index (χ4n) is 12.9. The summed E-state index contributed by atoms with van der Waals surface area (Å²) in [4.78, 5) is 130. The number of ether oxygens (including phenoxy) is 4. The lowest BCUT2D eigenvalue weighted by molar-refractivity contribution is -0.486. The fourth-order valence-corrected chi connectivity index (χ4v) is 18.2. The number of thioether (sulfide) groups is 2. The van der Waals surface area contributed by atoms with Gasteiger partial charge in [0.2, 0.25) is 12.4 Å². The highest BCUT2D eigenvalue weighted by atomic mass is 35.5. The summed E-state index contributed by atoms with van der Waals surface area (Å²) >= 11 is 47.0. The van der Waals surface area contributed by atoms with E-state index in [0.717, 1.165) is 119 Å². The van der Waals surface area contributed by atoms with Gasteiger partial charge in [-0.1, -0.05) is 117 Å². The van der Waals surface area contributed by atoms with Gasteiger partial charge in [-0.2, -0.15) is 15.5 Å². The molecule has 0 saturated carbocycles. The van der Waals surface area contributed by atoms with Gasteiger partial charge in [0.15, 0.2) is 48.8 Å². The molecule has 7 saturated heterocycles. The first-order chi connectivity index (χ1) is 70.6. The second-order valence-electron chi connectivity index (χ2n) is 30.6. The van der Waals surface area contributed by atoms with Crippen LogP contribution in [-0.2, 0) is 64.8 Å². The molecule has 0 amide bonds. The lowest BCUT2D eigenvalue weighted by Gasteiger charge is -2.40. The van der Waals surface area contributed by atoms with Crippen molar-refractivity contribution < 1.29 is 54.1 Å². The number of nitro groups is 7. The monoisotopic (exact) mass is 2290 g/mol. The summed E-state index contributed by atoms with van der Waals surface area (Å²) in [7, 11) is 15.4. The van der Waals surface area contributed by atoms with Crippen molar-refractivity contribution in [3.05, 3.63) is 245 Å². The first-order valence-electron chi connectivity index (χ1n) is 43.0. The highest BCUT2D eigenvalue weighted by Crippen LogP contribution is 2.31. The maximum atomic E-state index is 10.6. The number of amidine groups is 2. The van der Waals surface area contributed by atoms with Gasteiger partial charge in [-0.3, -0.25) is 15.0 Å². The number of hydrogen-bond donors (Lipinski definition) is 5. The van der Waals surface area contributed by atoms with Gasteiger partial charge in [-0.25, -0.2) is 95.6 Å². The summed E-state index contributed by atoms with van der Waals surface area (Å²) in [6.45, 7) is 14.0. The second-order valence-corrected chi connectivity index (χ2v) is 39.4. The summed E-state index contributed by atoms with van der Waals surface area (Å²) in [5.41, 5.74) is 3.57. The Bertz CT molecular complexity index is 5780. The molecule has 2 unspecified atom stereocenters. The Labute approximate surface area is 902 Å². The molecular formula is C78H103Cl7N40O18S5. The van der Waals surface area contributed by atoms with Crippen molar-refractivity contribution in [3.8, 4) is 12.4 Å². The molecular weight excluding hydrogens is 2190 g/mol. The van der Waals surface area contributed by atoms with Crippen LogP contribution in [0.1, 0.15) is 56.7 Å². The first-order valence-corrected chi connectivity index (χ1v) is 50.1. The van der Waals surface area contributed by atoms with Crippen molar-refractivity contribution in [2.24, 2.45) is 52.4 Å². The molecule has 70 heteroatoms. The van der Waals surface area contributed by atoms with Crippen LogP contribution in [0.5, 0.6) is 0 Å². The number of aromatic nitrogens is 7. The zero-order valence-corrected chi connectivity index (χ0v) is 90.1. The van der Waals surface area contributed by atoms with Crippen LogP contribution >= 0.6 is 139 Å². The van der Waals surface area contributed by atoms with E-state index < -0.39 is 35.1 Å². The minimum atomic E-state index is -0.779. The van der Waals surface area contributed by atoms with Gasteiger partial charge in [0, 0.05) is 203 Å². The number of hydrogen-bond acceptors (Lipinski definition) is 36. The standard InChI is InChI=1S/C10H12ClN5O3.C10H10ClN3O2S.C10H19N5O3.C9H12ClN5O2.C9H16N4O4.C8H10ClN5O2.C8H7ClN4S2.C8H9ClN4S.C6H8ClN5O2S/c1-14-6-19-7-15(10(14)13-16(17)18)5-8-2-3-9(11)12-4-8;11-9-2-1-8(5-12-9)6-13-3-4-17-10(13)7-14(15)16;1-12-7-13(2)10(11-15(16)17)14(8-12)5-9-3-4-18-6-9;1-11-9(13-15(16)17)14(2)6-7-3-4-8(10)12-5-7;1-11-6-17-7-12(9(11)10-13(14)15)4-8-2-3-16-5-8;1-10-8(13-14(15)16)12-5-6-2-3-7(9)11-4-6;9-7-11-3-6(15-7)4-13-1-2-14-8(13)12-5-10;1-6(12-5-10)13(2)4-7-3-11-8(9)14-7;1-8-6(11-12(13)14)10-3-4-2-9-5(7)15-4/h2-4H,5-7H2,1H3;1-2,5,7H,3-4,6H2;9H,3-8H2,1-2H3;3-5H,6H2,1-2H3,(H,11,13);8H,2-7H2,1H3;2-4H,5H2,1H3,(H2,10,12,13);3H,1-2,4H2;3H,4H2,1-2H3;2H,3H2,1H3,(H2,8,10,11)/b13-10+;10-7-;11-10+;;10-9+;;;;. The zero-order chi connectivity index (χ0) is 109. The SMILES string of the molecule is CC(=NC#N)N(C)Cc1cnc(Cl)s1.CN/C(=N\[N+](=O)[O-])N(C)Cc1ccc(Cl)nc1.CN/C(=N\[N+](=O)[O-])NCc1ccc(Cl)nc1.CN/C(=N\[N+](=O)[O-])NCc1cnc(Cl)s1.CN1CN(C)/C(=N\[N+](=O)[O-])N(CC2CCOC2)C1.CN1COCN(CC2CCOC2)/C1=N/[N+](=O)[O-].CN1COCN(Cc2ccc(Cl)nc2)/C1=N/[N+](=O)[O-].N#CN=C1SCCN1Cc1cnc(Cl)s1.O=[N+]([O-])/C=C1\SCCN1Cc1ccc(Cl)nc1. The van der Waals surface area contributed by atoms with Crippen LogP contribution in [-0.4, -0.2) is 338 Å². The molecule has 7 aliphatic rings. The number of aliphatic imine (C=N–C) groups is 2. The summed E-state index contributed by atoms with van der Waals surface area (Å²) in [5, 5.41) is 121. The van der Waals surface area contributed by atoms with Crippen molar-refractivity contribution in [2.75, 3.05) is 168 Å². The van der Waals surface area contributed by atoms with E-state index in [-0.39, 0.29) is 37.3 Å². The predicted octanol–water partition coefficient (Wildman–Crippen LogP) is 9.22. The van der Waals surface area contributed by atoms with Crippen LogP contribution in [0.3, 0.4) is 0 Å². The van der Waals surface area contributed by atoms with Crippen molar-refractivity contribution in [2.45, 2.75) is 65.6 Å². The number of nitrogens with zero attached hydrogens (tertiary/aromatic N) is 35. The molecule has 148 heavy (non-hydrogen) atoms. The predicted molar refractivity (Wildman–Crippen MR) is 561 cm³/mol. The van der Waals surface area contributed by atoms with Crippen LogP contribution in [0.4, 0.5) is 0 Å². The van der Waals surface area contributed by atoms with Gasteiger partial charge in [-0.15, -0.1) is 50.8 Å². The van der Waals surface area contributed by atoms with Gasteiger partial charge >= 0.3 is 0 Å². The molecule has 58 nitrogen and oxygen atoms in total. The van der Waals surface area contributed by atoms with Crippen LogP contribution in [0.25, 0.3) is 0 Å². The second kappa shape index (κ2) is 67.0. The quantitative estimate of drug-likeness (QED) is 0.00888. The fraction of sp³-hybridized carbons (Fsp3) is 0.474. The third-order valence-electron chi connectivity index (χ3n) is 19.4. The highest BCUT2D eigenvalue weighted by molar-refractivity contribution is 8.14. The number of hydrazone groups is 6. The van der Waals surface area contributed by atoms with E-state index in [9.17, 15) is 70.8 Å². The molecule has 7 aliphatic heterocycles. The van der Waals surface area contributed by atoms with Crippen molar-refractivity contribution in [3.63, 3.8) is 0 Å². The van der Waals surface area contributed by atoms with E-state index in [1.54, 1.807) is 168 Å². The van der Waals surface area contributed by atoms with Crippen LogP contribution in [0.2, 0.25) is 34.0 Å². The first kappa shape index (κ1) is 124. The lowest BCUT2D eigenvalue weighted by atomic mass is 10.1. The minimum Gasteiger partial charge on any atom is -0.381 e. The molecule has 7 aromatic heterocycles. The Morgan fingerprint density at radius 3 is 1.36 bits per heavy atom. The number of thiazole rings is 3. The Hall–Kier alpha value is -13.1. The van der Waals surface area contributed by atoms with Crippen LogP contribution < -0.4 is 26.6 Å². The van der Waals surface area contributed by atoms with Gasteiger partial charge in [0.05, 0.1) is 51.1 Å². The molecule has 0 aromatic carbocycles. The van der Waals surface area contributed by atoms with Crippen molar-refractivity contribution in [1.29, 1.82) is 10.5 Å². The summed E-state index contributed by atoms with van der Waals surface area (Å²) in [6, 6.07) is 13.9. The Balaban J connectivity index is 0.000000255.